The molecule has 1 aromatic carbocycles. The molecule has 76 valence electrons. The van der Waals surface area contributed by atoms with E-state index in [9.17, 15) is 0 Å². The van der Waals surface area contributed by atoms with Gasteiger partial charge < -0.3 is 5.32 Å². The van der Waals surface area contributed by atoms with Gasteiger partial charge in [-0.15, -0.1) is 0 Å². The van der Waals surface area contributed by atoms with Crippen LogP contribution < -0.4 is 5.32 Å². The molecule has 0 aliphatic rings. The van der Waals surface area contributed by atoms with Gasteiger partial charge in [-0.2, -0.15) is 0 Å². The van der Waals surface area contributed by atoms with E-state index in [-0.39, 0.29) is 0 Å². The van der Waals surface area contributed by atoms with Crippen molar-refractivity contribution in [3.63, 3.8) is 0 Å². The number of halogens is 2. The van der Waals surface area contributed by atoms with Crippen molar-refractivity contribution in [1.29, 1.82) is 0 Å². The lowest BCUT2D eigenvalue weighted by molar-refractivity contribution is 1.31. The zero-order valence-corrected chi connectivity index (χ0v) is 10.1. The molecule has 1 aromatic heterocycles. The van der Waals surface area contributed by atoms with Gasteiger partial charge in [0.1, 0.15) is 11.0 Å². The van der Waals surface area contributed by atoms with E-state index in [0.29, 0.717) is 5.15 Å². The molecule has 0 amide bonds. The fourth-order valence-corrected chi connectivity index (χ4v) is 1.59. The summed E-state index contributed by atoms with van der Waals surface area (Å²) in [5.41, 5.74) is 0.980. The van der Waals surface area contributed by atoms with Crippen molar-refractivity contribution < 1.29 is 0 Å². The van der Waals surface area contributed by atoms with E-state index in [4.69, 9.17) is 11.6 Å². The van der Waals surface area contributed by atoms with Gasteiger partial charge in [-0.1, -0.05) is 33.6 Å². The highest BCUT2D eigenvalue weighted by Gasteiger charge is 1.96. The molecule has 0 saturated carbocycles. The molecule has 0 atom stereocenters. The van der Waals surface area contributed by atoms with E-state index < -0.39 is 0 Å². The minimum Gasteiger partial charge on any atom is -0.340 e. The van der Waals surface area contributed by atoms with Gasteiger partial charge in [0.2, 0.25) is 0 Å². The van der Waals surface area contributed by atoms with Crippen molar-refractivity contribution in [3.05, 3.63) is 52.1 Å². The van der Waals surface area contributed by atoms with E-state index in [1.165, 1.54) is 0 Å². The summed E-state index contributed by atoms with van der Waals surface area (Å²) in [4.78, 5) is 4.13. The first kappa shape index (κ1) is 10.5. The van der Waals surface area contributed by atoms with Crippen LogP contribution in [0.15, 0.2) is 46.9 Å². The van der Waals surface area contributed by atoms with Crippen molar-refractivity contribution in [2.24, 2.45) is 0 Å². The molecular weight excluding hydrogens is 275 g/mol. The van der Waals surface area contributed by atoms with E-state index in [0.717, 1.165) is 16.0 Å². The molecular formula is C11H8BrClN2. The molecule has 1 N–H and O–H groups in total. The van der Waals surface area contributed by atoms with Crippen LogP contribution in [0.5, 0.6) is 0 Å². The van der Waals surface area contributed by atoms with Gasteiger partial charge in [0.15, 0.2) is 0 Å². The molecule has 0 spiro atoms. The van der Waals surface area contributed by atoms with Crippen LogP contribution in [0.2, 0.25) is 5.15 Å². The Balaban J connectivity index is 2.18. The standard InChI is InChI=1S/C11H8BrClN2/c12-8-4-6-9(7-5-8)14-11-3-1-2-10(13)15-11/h1-7H,(H,14,15). The van der Waals surface area contributed by atoms with Gasteiger partial charge in [-0.25, -0.2) is 4.98 Å². The second-order valence-electron chi connectivity index (χ2n) is 2.98. The minimum atomic E-state index is 0.483. The number of hydrogen-bond acceptors (Lipinski definition) is 2. The lowest BCUT2D eigenvalue weighted by Crippen LogP contribution is -1.92. The fraction of sp³-hybridized carbons (Fsp3) is 0. The quantitative estimate of drug-likeness (QED) is 0.834. The van der Waals surface area contributed by atoms with E-state index in [1.807, 2.05) is 36.4 Å². The Morgan fingerprint density at radius 2 is 1.80 bits per heavy atom. The van der Waals surface area contributed by atoms with E-state index in [2.05, 4.69) is 26.2 Å². The number of anilines is 2. The number of rotatable bonds is 2. The molecule has 0 saturated heterocycles. The number of nitrogens with zero attached hydrogens (tertiary/aromatic N) is 1. The van der Waals surface area contributed by atoms with Crippen molar-refractivity contribution in [2.75, 3.05) is 5.32 Å². The number of aromatic nitrogens is 1. The summed E-state index contributed by atoms with van der Waals surface area (Å²) in [5.74, 6) is 0.741. The van der Waals surface area contributed by atoms with Gasteiger partial charge in [-0.05, 0) is 36.4 Å². The average Bonchev–Trinajstić information content (AvgIpc) is 2.22. The maximum absolute atomic E-state index is 5.78. The molecule has 0 aliphatic carbocycles. The van der Waals surface area contributed by atoms with Crippen LogP contribution in [0.25, 0.3) is 0 Å². The lowest BCUT2D eigenvalue weighted by atomic mass is 10.3. The zero-order chi connectivity index (χ0) is 10.7. The van der Waals surface area contributed by atoms with Crippen LogP contribution in [0.3, 0.4) is 0 Å². The summed E-state index contributed by atoms with van der Waals surface area (Å²) >= 11 is 9.16. The Morgan fingerprint density at radius 3 is 2.47 bits per heavy atom. The summed E-state index contributed by atoms with van der Waals surface area (Å²) < 4.78 is 1.05. The van der Waals surface area contributed by atoms with E-state index in [1.54, 1.807) is 6.07 Å². The van der Waals surface area contributed by atoms with Gasteiger partial charge in [0.05, 0.1) is 0 Å². The molecule has 15 heavy (non-hydrogen) atoms. The van der Waals surface area contributed by atoms with Crippen LogP contribution in [0.4, 0.5) is 11.5 Å². The lowest BCUT2D eigenvalue weighted by Gasteiger charge is -2.05. The molecule has 2 nitrogen and oxygen atoms in total. The smallest absolute Gasteiger partial charge is 0.132 e. The van der Waals surface area contributed by atoms with Crippen molar-refractivity contribution in [2.45, 2.75) is 0 Å². The molecule has 1 heterocycles. The fourth-order valence-electron chi connectivity index (χ4n) is 1.16. The second-order valence-corrected chi connectivity index (χ2v) is 4.28. The minimum absolute atomic E-state index is 0.483. The van der Waals surface area contributed by atoms with Crippen LogP contribution in [-0.2, 0) is 0 Å². The summed E-state index contributed by atoms with van der Waals surface area (Å²) in [6, 6.07) is 13.3. The molecule has 0 unspecified atom stereocenters. The highest BCUT2D eigenvalue weighted by molar-refractivity contribution is 9.10. The first-order chi connectivity index (χ1) is 7.24. The molecule has 2 aromatic rings. The second kappa shape index (κ2) is 4.64. The van der Waals surface area contributed by atoms with Gasteiger partial charge in [-0.3, -0.25) is 0 Å². The average molecular weight is 284 g/mol. The maximum atomic E-state index is 5.78. The van der Waals surface area contributed by atoms with Gasteiger partial charge >= 0.3 is 0 Å². The normalized spacial score (nSPS) is 10.0. The summed E-state index contributed by atoms with van der Waals surface area (Å²) in [6.45, 7) is 0. The Hall–Kier alpha value is -1.06. The van der Waals surface area contributed by atoms with Crippen LogP contribution >= 0.6 is 27.5 Å². The molecule has 0 bridgehead atoms. The number of benzene rings is 1. The summed E-state index contributed by atoms with van der Waals surface area (Å²) in [6.07, 6.45) is 0. The summed E-state index contributed by atoms with van der Waals surface area (Å²) in [7, 11) is 0. The first-order valence-electron chi connectivity index (χ1n) is 4.39. The van der Waals surface area contributed by atoms with Crippen LogP contribution in [0, 0.1) is 0 Å². The monoisotopic (exact) mass is 282 g/mol. The van der Waals surface area contributed by atoms with Crippen LogP contribution in [-0.4, -0.2) is 4.98 Å². The van der Waals surface area contributed by atoms with Gasteiger partial charge in [0.25, 0.3) is 0 Å². The highest BCUT2D eigenvalue weighted by atomic mass is 79.9. The third kappa shape index (κ3) is 2.94. The topological polar surface area (TPSA) is 24.9 Å². The maximum Gasteiger partial charge on any atom is 0.132 e. The number of hydrogen-bond donors (Lipinski definition) is 1. The SMILES string of the molecule is Clc1cccc(Nc2ccc(Br)cc2)n1. The van der Waals surface area contributed by atoms with E-state index >= 15 is 0 Å². The van der Waals surface area contributed by atoms with Crippen LogP contribution in [0.1, 0.15) is 0 Å². The predicted octanol–water partition coefficient (Wildman–Crippen LogP) is 4.24. The Kier molecular flexibility index (Phi) is 3.23. The predicted molar refractivity (Wildman–Crippen MR) is 66.7 cm³/mol. The molecule has 2 rings (SSSR count). The number of nitrogens with one attached hydrogen (secondary N) is 1. The van der Waals surface area contributed by atoms with Crippen molar-refractivity contribution in [3.8, 4) is 0 Å². The molecule has 0 radical (unpaired) electrons. The Bertz CT molecular complexity index is 456. The Morgan fingerprint density at radius 1 is 1.07 bits per heavy atom. The zero-order valence-electron chi connectivity index (χ0n) is 7.74. The van der Waals surface area contributed by atoms with Crippen molar-refractivity contribution >= 4 is 39.0 Å². The molecule has 0 aliphatic heterocycles. The highest BCUT2D eigenvalue weighted by Crippen LogP contribution is 2.18. The third-order valence-corrected chi connectivity index (χ3v) is 2.57. The molecule has 4 heteroatoms. The summed E-state index contributed by atoms with van der Waals surface area (Å²) in [5, 5.41) is 3.64. The van der Waals surface area contributed by atoms with Gasteiger partial charge in [0, 0.05) is 10.2 Å². The first-order valence-corrected chi connectivity index (χ1v) is 5.56. The Labute approximate surface area is 101 Å². The third-order valence-electron chi connectivity index (χ3n) is 1.83. The molecule has 0 fully saturated rings. The van der Waals surface area contributed by atoms with Crippen molar-refractivity contribution in [1.82, 2.24) is 4.98 Å². The number of pyridine rings is 1. The largest absolute Gasteiger partial charge is 0.340 e.